The Hall–Kier alpha value is -3.45. The molecule has 0 unspecified atom stereocenters. The minimum Gasteiger partial charge on any atom is -0.494 e. The third kappa shape index (κ3) is 3.58. The van der Waals surface area contributed by atoms with Gasteiger partial charge in [0.05, 0.1) is 5.69 Å². The van der Waals surface area contributed by atoms with Crippen LogP contribution in [0.5, 0.6) is 11.6 Å². The normalized spacial score (nSPS) is 13.7. The van der Waals surface area contributed by atoms with Gasteiger partial charge in [-0.15, -0.1) is 0 Å². The molecule has 0 fully saturated rings. The lowest BCUT2D eigenvalue weighted by molar-refractivity contribution is 0.306. The maximum absolute atomic E-state index is 12.1. The summed E-state index contributed by atoms with van der Waals surface area (Å²) in [4.78, 5) is 21.4. The molecule has 0 saturated heterocycles. The molecule has 0 saturated carbocycles. The van der Waals surface area contributed by atoms with Gasteiger partial charge in [-0.3, -0.25) is 14.8 Å². The van der Waals surface area contributed by atoms with Crippen molar-refractivity contribution < 1.29 is 9.84 Å². The molecule has 4 rings (SSSR count). The monoisotopic (exact) mass is 377 g/mol. The predicted molar refractivity (Wildman–Crippen MR) is 107 cm³/mol. The zero-order valence-electron chi connectivity index (χ0n) is 14.1. The van der Waals surface area contributed by atoms with E-state index in [1.54, 1.807) is 12.3 Å². The minimum absolute atomic E-state index is 0.0664. The third-order valence-corrected chi connectivity index (χ3v) is 4.33. The molecule has 1 aliphatic heterocycles. The molecule has 27 heavy (non-hydrogen) atoms. The summed E-state index contributed by atoms with van der Waals surface area (Å²) < 4.78 is 5.93. The Morgan fingerprint density at radius 3 is 2.74 bits per heavy atom. The Balaban J connectivity index is 1.64. The molecule has 1 aliphatic rings. The van der Waals surface area contributed by atoms with Crippen molar-refractivity contribution in [2.24, 2.45) is 4.99 Å². The van der Waals surface area contributed by atoms with Crippen LogP contribution in [0, 0.1) is 4.77 Å². The molecule has 6 nitrogen and oxygen atoms in total. The number of nitrogens with one attached hydrogen (secondary N) is 2. The van der Waals surface area contributed by atoms with Crippen molar-refractivity contribution in [1.29, 1.82) is 0 Å². The predicted octanol–water partition coefficient (Wildman–Crippen LogP) is 3.97. The number of benzene rings is 2. The molecule has 0 bridgehead atoms. The van der Waals surface area contributed by atoms with Gasteiger partial charge < -0.3 is 14.8 Å². The quantitative estimate of drug-likeness (QED) is 0.600. The number of hydrogen-bond acceptors (Lipinski definition) is 5. The Morgan fingerprint density at radius 1 is 1.15 bits per heavy atom. The van der Waals surface area contributed by atoms with Gasteiger partial charge in [-0.1, -0.05) is 30.3 Å². The van der Waals surface area contributed by atoms with E-state index in [0.29, 0.717) is 17.9 Å². The second kappa shape index (κ2) is 7.05. The third-order valence-electron chi connectivity index (χ3n) is 4.13. The van der Waals surface area contributed by atoms with Crippen LogP contribution in [0.4, 0.5) is 5.69 Å². The summed E-state index contributed by atoms with van der Waals surface area (Å²) >= 11 is 4.84. The van der Waals surface area contributed by atoms with Crippen LogP contribution in [-0.4, -0.2) is 21.3 Å². The van der Waals surface area contributed by atoms with Crippen LogP contribution in [0.25, 0.3) is 11.6 Å². The zero-order valence-corrected chi connectivity index (χ0v) is 14.9. The molecule has 0 amide bonds. The van der Waals surface area contributed by atoms with Crippen molar-refractivity contribution in [2.45, 2.75) is 6.61 Å². The molecule has 134 valence electrons. The van der Waals surface area contributed by atoms with E-state index in [0.717, 1.165) is 16.8 Å². The summed E-state index contributed by atoms with van der Waals surface area (Å²) in [5, 5.41) is 9.99. The molecule has 1 aromatic heterocycles. The average molecular weight is 377 g/mol. The van der Waals surface area contributed by atoms with Crippen molar-refractivity contribution in [1.82, 2.24) is 9.97 Å². The van der Waals surface area contributed by atoms with E-state index in [4.69, 9.17) is 17.0 Å². The zero-order chi connectivity index (χ0) is 18.8. The van der Waals surface area contributed by atoms with Crippen LogP contribution in [0.1, 0.15) is 16.7 Å². The molecular formula is C20H15N3O3S. The fourth-order valence-electron chi connectivity index (χ4n) is 2.79. The number of aromatic hydroxyl groups is 1. The van der Waals surface area contributed by atoms with E-state index in [-0.39, 0.29) is 16.2 Å². The van der Waals surface area contributed by atoms with Crippen LogP contribution in [-0.2, 0) is 6.61 Å². The molecule has 2 aromatic carbocycles. The lowest BCUT2D eigenvalue weighted by Crippen LogP contribution is -2.11. The number of rotatable bonds is 4. The summed E-state index contributed by atoms with van der Waals surface area (Å²) in [6, 6.07) is 15.5. The van der Waals surface area contributed by atoms with Gasteiger partial charge in [0, 0.05) is 17.4 Å². The molecule has 0 spiro atoms. The highest BCUT2D eigenvalue weighted by molar-refractivity contribution is 7.71. The number of ether oxygens (including phenoxy) is 1. The first kappa shape index (κ1) is 17.0. The summed E-state index contributed by atoms with van der Waals surface area (Å²) in [7, 11) is 0. The lowest BCUT2D eigenvalue weighted by Gasteiger charge is -2.08. The van der Waals surface area contributed by atoms with Gasteiger partial charge in [-0.25, -0.2) is 0 Å². The molecular weight excluding hydrogens is 362 g/mol. The number of allylic oxidation sites excluding steroid dienone is 1. The highest BCUT2D eigenvalue weighted by Gasteiger charge is 2.15. The molecule has 7 heteroatoms. The molecule has 2 heterocycles. The Kier molecular flexibility index (Phi) is 4.43. The number of aromatic nitrogens is 2. The second-order valence-electron chi connectivity index (χ2n) is 5.98. The average Bonchev–Trinajstić information content (AvgIpc) is 3.06. The Morgan fingerprint density at radius 2 is 1.96 bits per heavy atom. The van der Waals surface area contributed by atoms with Crippen LogP contribution < -0.4 is 10.3 Å². The van der Waals surface area contributed by atoms with Crippen molar-refractivity contribution in [3.8, 4) is 11.6 Å². The van der Waals surface area contributed by atoms with Gasteiger partial charge >= 0.3 is 0 Å². The SMILES string of the molecule is O=c1[nH]c(=S)[nH]c(O)c1C=C1C=Nc2ccc(OCc3ccccc3)cc21. The van der Waals surface area contributed by atoms with E-state index in [1.807, 2.05) is 48.5 Å². The first-order valence-corrected chi connectivity index (χ1v) is 8.63. The molecule has 0 radical (unpaired) electrons. The van der Waals surface area contributed by atoms with Gasteiger partial charge in [0.1, 0.15) is 17.9 Å². The van der Waals surface area contributed by atoms with Crippen molar-refractivity contribution in [3.05, 3.63) is 80.3 Å². The van der Waals surface area contributed by atoms with Crippen LogP contribution in [0.15, 0.2) is 58.3 Å². The molecule has 3 aromatic rings. The second-order valence-corrected chi connectivity index (χ2v) is 6.39. The van der Waals surface area contributed by atoms with E-state index in [2.05, 4.69) is 15.0 Å². The minimum atomic E-state index is -0.470. The van der Waals surface area contributed by atoms with Crippen LogP contribution >= 0.6 is 12.2 Å². The Labute approximate surface area is 159 Å². The fourth-order valence-corrected chi connectivity index (χ4v) is 2.98. The maximum atomic E-state index is 12.1. The molecule has 0 atom stereocenters. The van der Waals surface area contributed by atoms with Crippen LogP contribution in [0.2, 0.25) is 0 Å². The summed E-state index contributed by atoms with van der Waals surface area (Å²) in [5.41, 5.74) is 2.98. The van der Waals surface area contributed by atoms with Crippen molar-refractivity contribution in [2.75, 3.05) is 0 Å². The molecule has 0 aliphatic carbocycles. The van der Waals surface area contributed by atoms with E-state index in [1.165, 1.54) is 0 Å². The number of fused-ring (bicyclic) bond motifs is 1. The Bertz CT molecular complexity index is 1180. The number of H-pyrrole nitrogens is 2. The van der Waals surface area contributed by atoms with E-state index < -0.39 is 5.56 Å². The lowest BCUT2D eigenvalue weighted by atomic mass is 10.0. The van der Waals surface area contributed by atoms with Gasteiger partial charge in [0.25, 0.3) is 5.56 Å². The van der Waals surface area contributed by atoms with Gasteiger partial charge in [0.15, 0.2) is 4.77 Å². The standard InChI is InChI=1S/C20H15N3O3S/c24-18-16(19(25)23-20(27)22-18)8-13-10-21-17-7-6-14(9-15(13)17)26-11-12-4-2-1-3-5-12/h1-10H,11H2,(H3,22,23,24,25,27). The van der Waals surface area contributed by atoms with Crippen molar-refractivity contribution in [3.63, 3.8) is 0 Å². The van der Waals surface area contributed by atoms with Gasteiger partial charge in [-0.05, 0) is 42.1 Å². The van der Waals surface area contributed by atoms with E-state index in [9.17, 15) is 9.90 Å². The van der Waals surface area contributed by atoms with Crippen molar-refractivity contribution >= 4 is 35.8 Å². The highest BCUT2D eigenvalue weighted by Crippen LogP contribution is 2.35. The van der Waals surface area contributed by atoms with Gasteiger partial charge in [-0.2, -0.15) is 0 Å². The number of aromatic amines is 2. The summed E-state index contributed by atoms with van der Waals surface area (Å²) in [5.74, 6) is 0.411. The maximum Gasteiger partial charge on any atom is 0.262 e. The molecule has 3 N–H and O–H groups in total. The topological polar surface area (TPSA) is 90.5 Å². The first-order valence-electron chi connectivity index (χ1n) is 8.22. The highest BCUT2D eigenvalue weighted by atomic mass is 32.1. The first-order chi connectivity index (χ1) is 13.1. The van der Waals surface area contributed by atoms with Crippen LogP contribution in [0.3, 0.4) is 0 Å². The van der Waals surface area contributed by atoms with E-state index >= 15 is 0 Å². The largest absolute Gasteiger partial charge is 0.494 e. The number of hydrogen-bond donors (Lipinski definition) is 3. The van der Waals surface area contributed by atoms with Gasteiger partial charge in [0.2, 0.25) is 5.88 Å². The fraction of sp³-hybridized carbons (Fsp3) is 0.0500. The summed E-state index contributed by atoms with van der Waals surface area (Å²) in [6.45, 7) is 0.454. The number of nitrogens with zero attached hydrogens (tertiary/aromatic N) is 1. The summed E-state index contributed by atoms with van der Waals surface area (Å²) in [6.07, 6.45) is 3.21. The number of aliphatic imine (C=N–C) groups is 1. The smallest absolute Gasteiger partial charge is 0.262 e.